The molecule has 146 valence electrons. The molecule has 1 amide bonds. The second kappa shape index (κ2) is 8.15. The first-order valence-corrected chi connectivity index (χ1v) is 10.1. The molecule has 2 heterocycles. The van der Waals surface area contributed by atoms with Crippen LogP contribution in [-0.2, 0) is 11.2 Å². The first kappa shape index (κ1) is 18.7. The number of amides is 1. The third-order valence-electron chi connectivity index (χ3n) is 5.61. The van der Waals surface area contributed by atoms with Crippen LogP contribution in [0.5, 0.6) is 0 Å². The fourth-order valence-electron chi connectivity index (χ4n) is 4.18. The largest absolute Gasteiger partial charge is 0.302 e. The van der Waals surface area contributed by atoms with Gasteiger partial charge in [0.1, 0.15) is 0 Å². The molecule has 2 aromatic rings. The van der Waals surface area contributed by atoms with E-state index in [4.69, 9.17) is 0 Å². The van der Waals surface area contributed by atoms with Crippen molar-refractivity contribution >= 4 is 17.3 Å². The zero-order valence-corrected chi connectivity index (χ0v) is 16.7. The molecule has 1 saturated heterocycles. The molecule has 0 aliphatic carbocycles. The minimum absolute atomic E-state index is 0.00121. The number of hydrogen-bond acceptors (Lipinski definition) is 4. The minimum Gasteiger partial charge on any atom is -0.302 e. The molecule has 5 nitrogen and oxygen atoms in total. The molecule has 2 aromatic carbocycles. The molecule has 1 fully saturated rings. The maximum Gasteiger partial charge on any atom is 0.280 e. The molecular formula is C23H28N4O. The Bertz CT molecular complexity index is 854. The van der Waals surface area contributed by atoms with E-state index in [1.807, 2.05) is 43.3 Å². The number of hydrogen-bond donors (Lipinski definition) is 0. The first-order valence-electron chi connectivity index (χ1n) is 10.1. The van der Waals surface area contributed by atoms with Crippen LogP contribution in [0.4, 0.5) is 5.69 Å². The van der Waals surface area contributed by atoms with Crippen molar-refractivity contribution in [2.75, 3.05) is 38.8 Å². The molecule has 0 atom stereocenters. The van der Waals surface area contributed by atoms with E-state index in [-0.39, 0.29) is 5.91 Å². The molecule has 0 aromatic heterocycles. The Kier molecular flexibility index (Phi) is 5.44. The Hall–Kier alpha value is -2.66. The smallest absolute Gasteiger partial charge is 0.280 e. The fourth-order valence-corrected chi connectivity index (χ4v) is 4.18. The highest BCUT2D eigenvalue weighted by Crippen LogP contribution is 2.30. The lowest BCUT2D eigenvalue weighted by molar-refractivity contribution is -0.112. The molecule has 0 bridgehead atoms. The third kappa shape index (κ3) is 3.94. The summed E-state index contributed by atoms with van der Waals surface area (Å²) in [5, 5.41) is 6.14. The van der Waals surface area contributed by atoms with Gasteiger partial charge in [-0.1, -0.05) is 48.5 Å². The summed E-state index contributed by atoms with van der Waals surface area (Å²) in [6, 6.07) is 18.7. The van der Waals surface area contributed by atoms with Crippen LogP contribution in [-0.4, -0.2) is 55.4 Å². The molecule has 4 rings (SSSR count). The molecule has 2 aliphatic rings. The maximum atomic E-state index is 13.0. The van der Waals surface area contributed by atoms with Gasteiger partial charge in [-0.25, -0.2) is 0 Å². The van der Waals surface area contributed by atoms with Crippen molar-refractivity contribution < 1.29 is 4.79 Å². The Morgan fingerprint density at radius 2 is 1.68 bits per heavy atom. The average molecular weight is 377 g/mol. The van der Waals surface area contributed by atoms with Gasteiger partial charge >= 0.3 is 0 Å². The number of rotatable bonds is 5. The topological polar surface area (TPSA) is 39.2 Å². The van der Waals surface area contributed by atoms with Gasteiger partial charge in [0.15, 0.2) is 5.71 Å². The van der Waals surface area contributed by atoms with E-state index in [2.05, 4.69) is 40.3 Å². The summed E-state index contributed by atoms with van der Waals surface area (Å²) < 4.78 is 0. The molecule has 0 saturated carbocycles. The summed E-state index contributed by atoms with van der Waals surface area (Å²) in [5.41, 5.74) is 3.87. The summed E-state index contributed by atoms with van der Waals surface area (Å²) in [7, 11) is 3.70. The van der Waals surface area contributed by atoms with Gasteiger partial charge < -0.3 is 5.01 Å². The SMILES string of the molecule is CN(C)/N=C1\C(=O)N(CN2CCC(Cc3ccccc3)CC2)c2ccccc21. The summed E-state index contributed by atoms with van der Waals surface area (Å²) in [5.74, 6) is 0.729. The molecule has 28 heavy (non-hydrogen) atoms. The van der Waals surface area contributed by atoms with Gasteiger partial charge in [-0.15, -0.1) is 0 Å². The van der Waals surface area contributed by atoms with Crippen LogP contribution < -0.4 is 4.90 Å². The number of benzene rings is 2. The van der Waals surface area contributed by atoms with Crippen LogP contribution in [0.3, 0.4) is 0 Å². The summed E-state index contributed by atoms with van der Waals surface area (Å²) in [4.78, 5) is 17.3. The molecule has 0 unspecified atom stereocenters. The van der Waals surface area contributed by atoms with Gasteiger partial charge in [-0.05, 0) is 36.8 Å². The van der Waals surface area contributed by atoms with Crippen molar-refractivity contribution in [3.8, 4) is 0 Å². The maximum absolute atomic E-state index is 13.0. The van der Waals surface area contributed by atoms with Crippen molar-refractivity contribution in [2.24, 2.45) is 11.0 Å². The second-order valence-corrected chi connectivity index (χ2v) is 7.94. The number of carbonyl (C=O) groups excluding carboxylic acids is 1. The summed E-state index contributed by atoms with van der Waals surface area (Å²) in [6.45, 7) is 2.70. The van der Waals surface area contributed by atoms with Crippen LogP contribution in [0, 0.1) is 5.92 Å². The Balaban J connectivity index is 1.41. The average Bonchev–Trinajstić information content (AvgIpc) is 2.96. The summed E-state index contributed by atoms with van der Waals surface area (Å²) >= 11 is 0. The quantitative estimate of drug-likeness (QED) is 0.752. The van der Waals surface area contributed by atoms with E-state index >= 15 is 0 Å². The van der Waals surface area contributed by atoms with E-state index in [1.54, 1.807) is 5.01 Å². The zero-order valence-electron chi connectivity index (χ0n) is 16.7. The number of hydrazone groups is 1. The Labute approximate surface area is 167 Å². The lowest BCUT2D eigenvalue weighted by atomic mass is 9.90. The van der Waals surface area contributed by atoms with E-state index in [9.17, 15) is 4.79 Å². The van der Waals surface area contributed by atoms with E-state index in [0.717, 1.165) is 36.7 Å². The Morgan fingerprint density at radius 1 is 1.00 bits per heavy atom. The van der Waals surface area contributed by atoms with Crippen molar-refractivity contribution in [1.29, 1.82) is 0 Å². The third-order valence-corrected chi connectivity index (χ3v) is 5.61. The lowest BCUT2D eigenvalue weighted by Gasteiger charge is -2.34. The van der Waals surface area contributed by atoms with E-state index < -0.39 is 0 Å². The monoisotopic (exact) mass is 376 g/mol. The van der Waals surface area contributed by atoms with Crippen molar-refractivity contribution in [1.82, 2.24) is 9.91 Å². The van der Waals surface area contributed by atoms with Crippen molar-refractivity contribution in [2.45, 2.75) is 19.3 Å². The number of carbonyl (C=O) groups is 1. The van der Waals surface area contributed by atoms with Crippen LogP contribution in [0.2, 0.25) is 0 Å². The van der Waals surface area contributed by atoms with Crippen molar-refractivity contribution in [3.05, 3.63) is 65.7 Å². The zero-order chi connectivity index (χ0) is 19.5. The van der Waals surface area contributed by atoms with Crippen LogP contribution in [0.25, 0.3) is 0 Å². The van der Waals surface area contributed by atoms with Gasteiger partial charge in [-0.2, -0.15) is 5.10 Å². The predicted octanol–water partition coefficient (Wildman–Crippen LogP) is 3.21. The number of piperidine rings is 1. The van der Waals surface area contributed by atoms with Gasteiger partial charge in [0.05, 0.1) is 12.4 Å². The predicted molar refractivity (Wildman–Crippen MR) is 113 cm³/mol. The molecule has 2 aliphatic heterocycles. The highest BCUT2D eigenvalue weighted by atomic mass is 16.2. The number of likely N-dealkylation sites (tertiary alicyclic amines) is 1. The summed E-state index contributed by atoms with van der Waals surface area (Å²) in [6.07, 6.45) is 3.51. The molecule has 0 N–H and O–H groups in total. The van der Waals surface area contributed by atoms with Crippen molar-refractivity contribution in [3.63, 3.8) is 0 Å². The standard InChI is InChI=1S/C23H28N4O/c1-25(2)24-22-20-10-6-7-11-21(20)27(23(22)28)17-26-14-12-19(13-15-26)16-18-8-4-3-5-9-18/h3-11,19H,12-17H2,1-2H3/b24-22-. The number of para-hydroxylation sites is 1. The van der Waals surface area contributed by atoms with E-state index in [1.165, 1.54) is 18.4 Å². The second-order valence-electron chi connectivity index (χ2n) is 7.94. The highest BCUT2D eigenvalue weighted by molar-refractivity contribution is 6.54. The van der Waals surface area contributed by atoms with Crippen LogP contribution in [0.1, 0.15) is 24.0 Å². The van der Waals surface area contributed by atoms with Crippen LogP contribution >= 0.6 is 0 Å². The number of anilines is 1. The Morgan fingerprint density at radius 3 is 2.39 bits per heavy atom. The van der Waals surface area contributed by atoms with E-state index in [0.29, 0.717) is 12.4 Å². The van der Waals surface area contributed by atoms with Gasteiger partial charge in [0.25, 0.3) is 5.91 Å². The fraction of sp³-hybridized carbons (Fsp3) is 0.391. The van der Waals surface area contributed by atoms with Gasteiger partial charge in [0, 0.05) is 32.7 Å². The molecular weight excluding hydrogens is 348 g/mol. The number of fused-ring (bicyclic) bond motifs is 1. The molecule has 5 heteroatoms. The molecule has 0 spiro atoms. The van der Waals surface area contributed by atoms with Gasteiger partial charge in [0.2, 0.25) is 0 Å². The normalized spacial score (nSPS) is 19.3. The number of nitrogens with zero attached hydrogens (tertiary/aromatic N) is 4. The van der Waals surface area contributed by atoms with Gasteiger partial charge in [-0.3, -0.25) is 14.6 Å². The molecule has 0 radical (unpaired) electrons. The lowest BCUT2D eigenvalue weighted by Crippen LogP contribution is -2.44. The highest BCUT2D eigenvalue weighted by Gasteiger charge is 2.35. The van der Waals surface area contributed by atoms with Crippen LogP contribution in [0.15, 0.2) is 59.7 Å². The minimum atomic E-state index is 0.00121. The first-order chi connectivity index (χ1) is 13.6.